The second kappa shape index (κ2) is 3.45. The van der Waals surface area contributed by atoms with Crippen LogP contribution in [0.1, 0.15) is 24.5 Å². The first-order valence-electron chi connectivity index (χ1n) is 5.00. The predicted molar refractivity (Wildman–Crippen MR) is 61.0 cm³/mol. The van der Waals surface area contributed by atoms with Gasteiger partial charge in [0, 0.05) is 24.0 Å². The highest BCUT2D eigenvalue weighted by Crippen LogP contribution is 2.39. The minimum Gasteiger partial charge on any atom is -0.261 e. The Hall–Kier alpha value is -1.16. The summed E-state index contributed by atoms with van der Waals surface area (Å²) < 4.78 is 2.71. The van der Waals surface area contributed by atoms with Gasteiger partial charge in [-0.2, -0.15) is 5.10 Å². The molecule has 0 unspecified atom stereocenters. The number of hydrogen-bond donors (Lipinski definition) is 0. The van der Waals surface area contributed by atoms with Crippen molar-refractivity contribution in [3.63, 3.8) is 0 Å². The third kappa shape index (κ3) is 1.81. The molecule has 0 aromatic carbocycles. The van der Waals surface area contributed by atoms with Gasteiger partial charge in [0.15, 0.2) is 0 Å². The first kappa shape index (κ1) is 9.09. The first-order valence-corrected chi connectivity index (χ1v) is 5.80. The van der Waals surface area contributed by atoms with Crippen molar-refractivity contribution >= 4 is 15.9 Å². The van der Waals surface area contributed by atoms with Gasteiger partial charge in [0.05, 0.1) is 5.69 Å². The molecule has 4 heteroatoms. The molecular weight excluding hydrogens is 254 g/mol. The summed E-state index contributed by atoms with van der Waals surface area (Å²) in [5.41, 5.74) is 2.27. The lowest BCUT2D eigenvalue weighted by Gasteiger charge is -2.02. The molecule has 0 bridgehead atoms. The van der Waals surface area contributed by atoms with Gasteiger partial charge in [-0.05, 0) is 47.0 Å². The highest BCUT2D eigenvalue weighted by Gasteiger charge is 2.25. The molecule has 2 aromatic rings. The second-order valence-corrected chi connectivity index (χ2v) is 4.61. The van der Waals surface area contributed by atoms with Crippen LogP contribution in [-0.4, -0.2) is 14.8 Å². The minimum absolute atomic E-state index is 0.684. The van der Waals surface area contributed by atoms with Gasteiger partial charge in [-0.3, -0.25) is 4.98 Å². The number of rotatable bonds is 2. The molecule has 1 fully saturated rings. The van der Waals surface area contributed by atoms with E-state index in [1.807, 2.05) is 29.2 Å². The number of halogens is 1. The fourth-order valence-corrected chi connectivity index (χ4v) is 1.92. The van der Waals surface area contributed by atoms with Gasteiger partial charge in [-0.15, -0.1) is 0 Å². The Bertz CT molecular complexity index is 488. The Kier molecular flexibility index (Phi) is 2.09. The third-order valence-electron chi connectivity index (χ3n) is 2.58. The maximum atomic E-state index is 4.38. The average Bonchev–Trinajstić information content (AvgIpc) is 3.02. The third-order valence-corrected chi connectivity index (χ3v) is 3.00. The van der Waals surface area contributed by atoms with Crippen LogP contribution in [0.15, 0.2) is 35.2 Å². The highest BCUT2D eigenvalue weighted by molar-refractivity contribution is 9.10. The van der Waals surface area contributed by atoms with Gasteiger partial charge in [-0.25, -0.2) is 4.68 Å². The highest BCUT2D eigenvalue weighted by atomic mass is 79.9. The lowest BCUT2D eigenvalue weighted by molar-refractivity contribution is 0.859. The van der Waals surface area contributed by atoms with Gasteiger partial charge in [0.25, 0.3) is 0 Å². The molecule has 1 aliphatic rings. The fourth-order valence-electron chi connectivity index (χ4n) is 1.63. The van der Waals surface area contributed by atoms with E-state index in [4.69, 9.17) is 0 Å². The molecule has 3 nitrogen and oxygen atoms in total. The van der Waals surface area contributed by atoms with E-state index in [1.54, 1.807) is 0 Å². The summed E-state index contributed by atoms with van der Waals surface area (Å²) in [5.74, 6) is 0.684. The van der Waals surface area contributed by atoms with Crippen molar-refractivity contribution in [3.8, 4) is 5.69 Å². The van der Waals surface area contributed by atoms with E-state index < -0.39 is 0 Å². The Morgan fingerprint density at radius 1 is 1.33 bits per heavy atom. The standard InChI is InChI=1S/C11H10BrN3/c12-11-4-6-15(14-11)9-3-5-13-10(7-9)8-1-2-8/h3-8H,1-2H2. The zero-order valence-electron chi connectivity index (χ0n) is 8.10. The molecule has 0 spiro atoms. The Balaban J connectivity index is 2.00. The molecule has 0 amide bonds. The number of hydrogen-bond acceptors (Lipinski definition) is 2. The number of nitrogens with zero attached hydrogens (tertiary/aromatic N) is 3. The van der Waals surface area contributed by atoms with Crippen LogP contribution in [0.3, 0.4) is 0 Å². The maximum absolute atomic E-state index is 4.38. The van der Waals surface area contributed by atoms with Crippen molar-refractivity contribution in [2.24, 2.45) is 0 Å². The predicted octanol–water partition coefficient (Wildman–Crippen LogP) is 2.91. The summed E-state index contributed by atoms with van der Waals surface area (Å²) >= 11 is 3.34. The summed E-state index contributed by atoms with van der Waals surface area (Å²) in [7, 11) is 0. The van der Waals surface area contributed by atoms with Crippen LogP contribution in [0.25, 0.3) is 5.69 Å². The normalized spacial score (nSPS) is 15.5. The Morgan fingerprint density at radius 2 is 2.20 bits per heavy atom. The summed E-state index contributed by atoms with van der Waals surface area (Å²) in [6, 6.07) is 6.03. The molecule has 3 rings (SSSR count). The molecule has 0 atom stereocenters. The summed E-state index contributed by atoms with van der Waals surface area (Å²) in [6.07, 6.45) is 6.35. The molecule has 0 saturated heterocycles. The summed E-state index contributed by atoms with van der Waals surface area (Å²) in [4.78, 5) is 4.38. The van der Waals surface area contributed by atoms with Gasteiger partial charge in [-0.1, -0.05) is 0 Å². The molecular formula is C11H10BrN3. The van der Waals surface area contributed by atoms with Crippen molar-refractivity contribution in [1.82, 2.24) is 14.8 Å². The zero-order chi connectivity index (χ0) is 10.3. The molecule has 2 aromatic heterocycles. The molecule has 76 valence electrons. The molecule has 0 aliphatic heterocycles. The van der Waals surface area contributed by atoms with Crippen LogP contribution in [0.2, 0.25) is 0 Å². The molecule has 0 N–H and O–H groups in total. The molecule has 15 heavy (non-hydrogen) atoms. The van der Waals surface area contributed by atoms with Gasteiger partial charge < -0.3 is 0 Å². The van der Waals surface area contributed by atoms with Crippen molar-refractivity contribution in [1.29, 1.82) is 0 Å². The van der Waals surface area contributed by atoms with E-state index in [0.717, 1.165) is 10.3 Å². The number of aromatic nitrogens is 3. The lowest BCUT2D eigenvalue weighted by Crippen LogP contribution is -1.96. The van der Waals surface area contributed by atoms with E-state index in [1.165, 1.54) is 18.5 Å². The zero-order valence-corrected chi connectivity index (χ0v) is 9.68. The van der Waals surface area contributed by atoms with Gasteiger partial charge in [0.2, 0.25) is 0 Å². The summed E-state index contributed by atoms with van der Waals surface area (Å²) in [6.45, 7) is 0. The van der Waals surface area contributed by atoms with E-state index in [9.17, 15) is 0 Å². The second-order valence-electron chi connectivity index (χ2n) is 3.80. The van der Waals surface area contributed by atoms with E-state index in [0.29, 0.717) is 5.92 Å². The first-order chi connectivity index (χ1) is 7.33. The van der Waals surface area contributed by atoms with Crippen molar-refractivity contribution in [2.45, 2.75) is 18.8 Å². The van der Waals surface area contributed by atoms with Crippen LogP contribution in [0.5, 0.6) is 0 Å². The largest absolute Gasteiger partial charge is 0.261 e. The SMILES string of the molecule is Brc1ccn(-c2ccnc(C3CC3)c2)n1. The lowest BCUT2D eigenvalue weighted by atomic mass is 10.2. The van der Waals surface area contributed by atoms with E-state index in [-0.39, 0.29) is 0 Å². The average molecular weight is 264 g/mol. The summed E-state index contributed by atoms with van der Waals surface area (Å²) in [5, 5.41) is 4.31. The number of pyridine rings is 1. The minimum atomic E-state index is 0.684. The maximum Gasteiger partial charge on any atom is 0.128 e. The fraction of sp³-hybridized carbons (Fsp3) is 0.273. The van der Waals surface area contributed by atoms with E-state index >= 15 is 0 Å². The topological polar surface area (TPSA) is 30.7 Å². The van der Waals surface area contributed by atoms with Gasteiger partial charge in [0.1, 0.15) is 4.60 Å². The monoisotopic (exact) mass is 263 g/mol. The van der Waals surface area contributed by atoms with Crippen molar-refractivity contribution in [2.75, 3.05) is 0 Å². The van der Waals surface area contributed by atoms with Crippen molar-refractivity contribution < 1.29 is 0 Å². The van der Waals surface area contributed by atoms with Crippen LogP contribution < -0.4 is 0 Å². The molecule has 1 aliphatic carbocycles. The molecule has 2 heterocycles. The Labute approximate surface area is 96.3 Å². The molecule has 0 radical (unpaired) electrons. The van der Waals surface area contributed by atoms with Crippen LogP contribution in [0, 0.1) is 0 Å². The van der Waals surface area contributed by atoms with Crippen LogP contribution >= 0.6 is 15.9 Å². The van der Waals surface area contributed by atoms with Crippen LogP contribution in [-0.2, 0) is 0 Å². The van der Waals surface area contributed by atoms with Crippen LogP contribution in [0.4, 0.5) is 0 Å². The van der Waals surface area contributed by atoms with Gasteiger partial charge >= 0.3 is 0 Å². The van der Waals surface area contributed by atoms with E-state index in [2.05, 4.69) is 32.1 Å². The molecule has 1 saturated carbocycles. The quantitative estimate of drug-likeness (QED) is 0.834. The van der Waals surface area contributed by atoms with Crippen molar-refractivity contribution in [3.05, 3.63) is 40.9 Å². The Morgan fingerprint density at radius 3 is 2.87 bits per heavy atom. The smallest absolute Gasteiger partial charge is 0.128 e.